The Morgan fingerprint density at radius 3 is 2.52 bits per heavy atom. The number of halogens is 1. The van der Waals surface area contributed by atoms with Gasteiger partial charge in [0.05, 0.1) is 25.8 Å². The summed E-state index contributed by atoms with van der Waals surface area (Å²) < 4.78 is 24.6. The smallest absolute Gasteiger partial charge is 0.251 e. The number of amides is 3. The molecule has 5 N–H and O–H groups in total. The number of benzene rings is 2. The largest absolute Gasteiger partial charge is 0.457 e. The highest BCUT2D eigenvalue weighted by molar-refractivity contribution is 7.10. The summed E-state index contributed by atoms with van der Waals surface area (Å²) >= 11 is 1.38. The number of nitrogens with one attached hydrogen (secondary N) is 3. The first-order valence-corrected chi connectivity index (χ1v) is 15.4. The van der Waals surface area contributed by atoms with Crippen LogP contribution in [0.5, 0.6) is 11.5 Å². The van der Waals surface area contributed by atoms with E-state index in [0.717, 1.165) is 4.88 Å². The minimum Gasteiger partial charge on any atom is -0.457 e. The van der Waals surface area contributed by atoms with Crippen LogP contribution < -0.4 is 21.1 Å². The molecule has 0 spiro atoms. The molecule has 2 heterocycles. The number of azide groups is 1. The van der Waals surface area contributed by atoms with E-state index < -0.39 is 23.3 Å². The van der Waals surface area contributed by atoms with Crippen LogP contribution in [0.25, 0.3) is 10.4 Å². The number of fused-ring (bicyclic) bond motifs is 1. The summed E-state index contributed by atoms with van der Waals surface area (Å²) in [5, 5.41) is 18.5. The molecule has 1 aliphatic heterocycles. The molecule has 2 aromatic carbocycles. The molecule has 3 amide bonds. The molecular weight excluding hydrogens is 615 g/mol. The highest BCUT2D eigenvalue weighted by atomic mass is 32.1. The lowest BCUT2D eigenvalue weighted by molar-refractivity contribution is -0.139. The van der Waals surface area contributed by atoms with E-state index in [1.807, 2.05) is 6.92 Å². The van der Waals surface area contributed by atoms with Gasteiger partial charge in [-0.25, -0.2) is 4.39 Å². The van der Waals surface area contributed by atoms with E-state index in [4.69, 9.17) is 26.1 Å². The van der Waals surface area contributed by atoms with Crippen molar-refractivity contribution >= 4 is 34.9 Å². The first-order valence-electron chi connectivity index (χ1n) is 14.5. The van der Waals surface area contributed by atoms with Gasteiger partial charge in [-0.15, -0.1) is 11.3 Å². The van der Waals surface area contributed by atoms with Gasteiger partial charge < -0.3 is 30.7 Å². The van der Waals surface area contributed by atoms with Crippen LogP contribution in [-0.4, -0.2) is 66.8 Å². The van der Waals surface area contributed by atoms with Crippen molar-refractivity contribution in [1.29, 1.82) is 5.41 Å². The number of carbonyl (C=O) groups is 3. The van der Waals surface area contributed by atoms with E-state index in [1.54, 1.807) is 40.6 Å². The number of carbonyl (C=O) groups excluding carboxylic acids is 3. The average molecular weight is 649 g/mol. The van der Waals surface area contributed by atoms with Crippen molar-refractivity contribution in [3.63, 3.8) is 0 Å². The molecule has 1 saturated carbocycles. The van der Waals surface area contributed by atoms with Gasteiger partial charge in [-0.2, -0.15) is 0 Å². The van der Waals surface area contributed by atoms with E-state index in [-0.39, 0.29) is 49.3 Å². The van der Waals surface area contributed by atoms with E-state index in [2.05, 4.69) is 20.7 Å². The van der Waals surface area contributed by atoms with Crippen molar-refractivity contribution in [3.8, 4) is 11.5 Å². The number of amidine groups is 1. The number of piperidine rings is 1. The van der Waals surface area contributed by atoms with Crippen molar-refractivity contribution < 1.29 is 28.2 Å². The van der Waals surface area contributed by atoms with Crippen LogP contribution in [0.4, 0.5) is 4.39 Å². The van der Waals surface area contributed by atoms with Crippen molar-refractivity contribution in [2.45, 2.75) is 37.9 Å². The second-order valence-corrected chi connectivity index (χ2v) is 12.2. The van der Waals surface area contributed by atoms with Gasteiger partial charge in [-0.1, -0.05) is 5.11 Å². The number of rotatable bonds is 14. The molecule has 1 aromatic heterocycles. The maximum absolute atomic E-state index is 13.6. The fourth-order valence-electron chi connectivity index (χ4n) is 5.61. The van der Waals surface area contributed by atoms with Crippen molar-refractivity contribution in [2.24, 2.45) is 16.3 Å². The summed E-state index contributed by atoms with van der Waals surface area (Å²) in [6.45, 7) is 2.20. The van der Waals surface area contributed by atoms with Gasteiger partial charge in [0.2, 0.25) is 11.8 Å². The zero-order chi connectivity index (χ0) is 32.8. The van der Waals surface area contributed by atoms with E-state index in [9.17, 15) is 18.8 Å². The predicted octanol–water partition coefficient (Wildman–Crippen LogP) is 4.26. The molecule has 1 saturated heterocycles. The number of hydrogen-bond donors (Lipinski definition) is 4. The molecule has 4 atom stereocenters. The number of nitrogens with zero attached hydrogens (tertiary/aromatic N) is 4. The van der Waals surface area contributed by atoms with Gasteiger partial charge in [-0.05, 0) is 79.9 Å². The topological polar surface area (TPSA) is 196 Å². The monoisotopic (exact) mass is 648 g/mol. The highest BCUT2D eigenvalue weighted by Gasteiger charge is 2.67. The lowest BCUT2D eigenvalue weighted by atomic mass is 10.00. The summed E-state index contributed by atoms with van der Waals surface area (Å²) in [6, 6.07) is 12.2. The lowest BCUT2D eigenvalue weighted by Gasteiger charge is -2.28. The number of likely N-dealkylation sites (tertiary alicyclic amines) is 1. The maximum Gasteiger partial charge on any atom is 0.251 e. The third-order valence-electron chi connectivity index (χ3n) is 8.08. The van der Waals surface area contributed by atoms with Crippen LogP contribution in [-0.2, 0) is 14.3 Å². The zero-order valence-corrected chi connectivity index (χ0v) is 25.8. The second-order valence-electron chi connectivity index (χ2n) is 11.3. The van der Waals surface area contributed by atoms with Gasteiger partial charge in [0, 0.05) is 44.3 Å². The third-order valence-corrected chi connectivity index (χ3v) is 9.19. The minimum atomic E-state index is -0.776. The van der Waals surface area contributed by atoms with Gasteiger partial charge in [0.1, 0.15) is 29.2 Å². The Kier molecular flexibility index (Phi) is 9.85. The van der Waals surface area contributed by atoms with Crippen molar-refractivity contribution in [1.82, 2.24) is 15.5 Å². The summed E-state index contributed by atoms with van der Waals surface area (Å²) in [7, 11) is 0. The number of nitrogens with two attached hydrogens (primary N) is 1. The Labute approximate surface area is 268 Å². The lowest BCUT2D eigenvalue weighted by Crippen LogP contribution is -2.51. The van der Waals surface area contributed by atoms with Crippen LogP contribution >= 0.6 is 11.3 Å². The van der Waals surface area contributed by atoms with Gasteiger partial charge in [0.15, 0.2) is 0 Å². The summed E-state index contributed by atoms with van der Waals surface area (Å²) in [5.74, 6) is -0.754. The number of ether oxygens (including phenoxy) is 2. The molecular formula is C31H33FN8O5S. The van der Waals surface area contributed by atoms with Crippen LogP contribution in [0, 0.1) is 16.6 Å². The quantitative estimate of drug-likeness (QED) is 0.0503. The molecule has 1 aliphatic carbocycles. The molecule has 3 aromatic rings. The zero-order valence-electron chi connectivity index (χ0n) is 24.9. The van der Waals surface area contributed by atoms with Gasteiger partial charge >= 0.3 is 0 Å². The molecule has 0 bridgehead atoms. The van der Waals surface area contributed by atoms with E-state index in [0.29, 0.717) is 42.1 Å². The first kappa shape index (κ1) is 32.4. The Morgan fingerprint density at radius 1 is 1.17 bits per heavy atom. The third kappa shape index (κ3) is 7.45. The molecule has 13 nitrogen and oxygen atoms in total. The molecule has 5 rings (SSSR count). The predicted molar refractivity (Wildman–Crippen MR) is 168 cm³/mol. The standard InChI is InChI=1S/C31H33FN8O5S/c1-18(25-12-20(16-46-25)28(33)34)38-30(43)24-13-31(17-44-11-10-37-39-35)14-26(31)40(24)27(41)15-36-29(42)19-2-6-22(7-3-19)45-23-8-4-21(32)5-9-23/h2-9,12,16,18,24,26H,10-11,13-15,17H2,1H3,(H3,33,34)(H,36,42)(H,38,43)/t18?,24-,26-,31+/m0/s1. The van der Waals surface area contributed by atoms with Crippen molar-refractivity contribution in [3.05, 3.63) is 92.2 Å². The molecule has 0 radical (unpaired) electrons. The molecule has 15 heteroatoms. The molecule has 2 fully saturated rings. The summed E-state index contributed by atoms with van der Waals surface area (Å²) in [5.41, 5.74) is 14.5. The fraction of sp³-hybridized carbons (Fsp3) is 0.355. The molecule has 46 heavy (non-hydrogen) atoms. The minimum absolute atomic E-state index is 0.0626. The van der Waals surface area contributed by atoms with Crippen LogP contribution in [0.15, 0.2) is 65.1 Å². The SMILES string of the molecule is CC(NC(=O)[C@@H]1C[C@]2(COCCN=[N+]=[N-])C[C@@H]2N1C(=O)CNC(=O)c1ccc(Oc2ccc(F)cc2)cc1)c1cc(C(=N)N)cs1. The molecule has 2 aliphatic rings. The highest BCUT2D eigenvalue weighted by Crippen LogP contribution is 2.59. The van der Waals surface area contributed by atoms with Crippen molar-refractivity contribution in [2.75, 3.05) is 26.3 Å². The fourth-order valence-corrected chi connectivity index (χ4v) is 6.53. The molecule has 240 valence electrons. The Morgan fingerprint density at radius 2 is 1.87 bits per heavy atom. The van der Waals surface area contributed by atoms with E-state index >= 15 is 0 Å². The number of thiophene rings is 1. The second kappa shape index (κ2) is 14.0. The van der Waals surface area contributed by atoms with Gasteiger partial charge in [0.25, 0.3) is 5.91 Å². The van der Waals surface area contributed by atoms with Crippen LogP contribution in [0.1, 0.15) is 46.6 Å². The summed E-state index contributed by atoms with van der Waals surface area (Å²) in [6.07, 6.45) is 1.03. The average Bonchev–Trinajstić information content (AvgIpc) is 3.36. The number of hydrogen-bond acceptors (Lipinski definition) is 8. The Balaban J connectivity index is 1.22. The van der Waals surface area contributed by atoms with E-state index in [1.165, 1.54) is 35.6 Å². The first-order chi connectivity index (χ1) is 22.1. The molecule has 1 unspecified atom stereocenters. The number of nitrogen functional groups attached to an aromatic ring is 1. The Hall–Kier alpha value is -4.98. The van der Waals surface area contributed by atoms with Crippen LogP contribution in [0.2, 0.25) is 0 Å². The summed E-state index contributed by atoms with van der Waals surface area (Å²) in [4.78, 5) is 45.1. The normalized spacial score (nSPS) is 20.2. The maximum atomic E-state index is 13.6. The van der Waals surface area contributed by atoms with Gasteiger partial charge in [-0.3, -0.25) is 19.8 Å². The van der Waals surface area contributed by atoms with Crippen LogP contribution in [0.3, 0.4) is 0 Å². The Bertz CT molecular complexity index is 1660.